The van der Waals surface area contributed by atoms with Gasteiger partial charge in [0.1, 0.15) is 5.92 Å². The number of nitrogens with one attached hydrogen (secondary N) is 1. The summed E-state index contributed by atoms with van der Waals surface area (Å²) < 4.78 is 0.901. The topological polar surface area (TPSA) is 58.6 Å². The molecule has 1 saturated heterocycles. The highest BCUT2D eigenvalue weighted by atomic mass is 79.9. The summed E-state index contributed by atoms with van der Waals surface area (Å²) >= 11 is 3.36. The predicted molar refractivity (Wildman–Crippen MR) is 69.8 cm³/mol. The molecule has 1 N–H and O–H groups in total. The van der Waals surface area contributed by atoms with Crippen molar-refractivity contribution in [2.75, 3.05) is 18.6 Å². The molecular weight excluding hydrogens is 300 g/mol. The Bertz CT molecular complexity index is 478. The van der Waals surface area contributed by atoms with Gasteiger partial charge in [0.15, 0.2) is 0 Å². The average molecular weight is 313 g/mol. The molecule has 0 saturated carbocycles. The van der Waals surface area contributed by atoms with Crippen LogP contribution in [0.1, 0.15) is 6.42 Å². The van der Waals surface area contributed by atoms with Gasteiger partial charge in [0.25, 0.3) is 5.91 Å². The van der Waals surface area contributed by atoms with Gasteiger partial charge < -0.3 is 4.90 Å². The number of rotatable bonds is 3. The van der Waals surface area contributed by atoms with Crippen LogP contribution < -0.4 is 10.4 Å². The molecular formula is C12H13BrN2O3. The molecule has 5 nitrogen and oxygen atoms in total. The van der Waals surface area contributed by atoms with Gasteiger partial charge in [-0.1, -0.05) is 22.0 Å². The summed E-state index contributed by atoms with van der Waals surface area (Å²) in [6, 6.07) is 7.45. The van der Waals surface area contributed by atoms with E-state index >= 15 is 0 Å². The lowest BCUT2D eigenvalue weighted by molar-refractivity contribution is -0.139. The van der Waals surface area contributed by atoms with Crippen LogP contribution in [-0.4, -0.2) is 25.5 Å². The fourth-order valence-corrected chi connectivity index (χ4v) is 2.38. The quantitative estimate of drug-likeness (QED) is 0.679. The molecule has 96 valence electrons. The van der Waals surface area contributed by atoms with Gasteiger partial charge in [-0.15, -0.1) is 0 Å². The fourth-order valence-electron chi connectivity index (χ4n) is 2.00. The Hall–Kier alpha value is -1.40. The molecule has 2 amide bonds. The average Bonchev–Trinajstić information content (AvgIpc) is 2.71. The Labute approximate surface area is 113 Å². The van der Waals surface area contributed by atoms with Crippen molar-refractivity contribution in [1.82, 2.24) is 5.48 Å². The molecule has 18 heavy (non-hydrogen) atoms. The third kappa shape index (κ3) is 2.54. The van der Waals surface area contributed by atoms with E-state index in [2.05, 4.69) is 26.2 Å². The summed E-state index contributed by atoms with van der Waals surface area (Å²) in [6.07, 6.45) is 0.501. The Morgan fingerprint density at radius 2 is 2.33 bits per heavy atom. The van der Waals surface area contributed by atoms with Gasteiger partial charge in [-0.25, -0.2) is 5.48 Å². The second kappa shape index (κ2) is 5.49. The van der Waals surface area contributed by atoms with Crippen LogP contribution in [-0.2, 0) is 14.4 Å². The van der Waals surface area contributed by atoms with Crippen LogP contribution in [0.15, 0.2) is 28.7 Å². The lowest BCUT2D eigenvalue weighted by Crippen LogP contribution is -2.36. The first-order valence-electron chi connectivity index (χ1n) is 5.53. The van der Waals surface area contributed by atoms with Gasteiger partial charge in [-0.2, -0.15) is 0 Å². The number of hydrogen-bond donors (Lipinski definition) is 1. The van der Waals surface area contributed by atoms with E-state index in [1.165, 1.54) is 7.11 Å². The zero-order chi connectivity index (χ0) is 13.1. The highest BCUT2D eigenvalue weighted by Crippen LogP contribution is 2.27. The molecule has 1 aliphatic rings. The van der Waals surface area contributed by atoms with Crippen molar-refractivity contribution >= 4 is 33.4 Å². The van der Waals surface area contributed by atoms with E-state index in [-0.39, 0.29) is 11.8 Å². The normalized spacial score (nSPS) is 19.1. The van der Waals surface area contributed by atoms with Crippen LogP contribution in [0.25, 0.3) is 0 Å². The van der Waals surface area contributed by atoms with Crippen molar-refractivity contribution in [3.8, 4) is 0 Å². The highest BCUT2D eigenvalue weighted by Gasteiger charge is 2.37. The largest absolute Gasteiger partial charge is 0.312 e. The number of carbonyl (C=O) groups excluding carboxylic acids is 2. The van der Waals surface area contributed by atoms with Crippen LogP contribution >= 0.6 is 15.9 Å². The van der Waals surface area contributed by atoms with E-state index in [4.69, 9.17) is 0 Å². The molecule has 0 radical (unpaired) electrons. The molecule has 0 unspecified atom stereocenters. The summed E-state index contributed by atoms with van der Waals surface area (Å²) in [6.45, 7) is 0.539. The molecule has 1 aliphatic heterocycles. The van der Waals surface area contributed by atoms with Crippen LogP contribution in [0, 0.1) is 5.92 Å². The molecule has 1 heterocycles. The van der Waals surface area contributed by atoms with E-state index in [9.17, 15) is 9.59 Å². The number of halogens is 1. The highest BCUT2D eigenvalue weighted by molar-refractivity contribution is 9.10. The summed E-state index contributed by atoms with van der Waals surface area (Å²) in [5.41, 5.74) is 3.00. The zero-order valence-electron chi connectivity index (χ0n) is 9.85. The van der Waals surface area contributed by atoms with E-state index in [0.717, 1.165) is 10.2 Å². The smallest absolute Gasteiger partial charge is 0.256 e. The third-order valence-corrected chi connectivity index (χ3v) is 3.34. The molecule has 0 spiro atoms. The van der Waals surface area contributed by atoms with Gasteiger partial charge in [0.2, 0.25) is 5.91 Å². The zero-order valence-corrected chi connectivity index (χ0v) is 11.4. The molecule has 0 bridgehead atoms. The van der Waals surface area contributed by atoms with E-state index < -0.39 is 5.92 Å². The van der Waals surface area contributed by atoms with Crippen molar-refractivity contribution in [3.63, 3.8) is 0 Å². The molecule has 1 aromatic rings. The minimum Gasteiger partial charge on any atom is -0.312 e. The number of anilines is 1. The first-order chi connectivity index (χ1) is 8.63. The van der Waals surface area contributed by atoms with Crippen LogP contribution in [0.4, 0.5) is 5.69 Å². The Balaban J connectivity index is 2.14. The summed E-state index contributed by atoms with van der Waals surface area (Å²) in [7, 11) is 1.35. The Morgan fingerprint density at radius 1 is 1.56 bits per heavy atom. The SMILES string of the molecule is CONC(=O)[C@@H]1CCN(c2cccc(Br)c2)C1=O. The van der Waals surface area contributed by atoms with Gasteiger partial charge in [-0.3, -0.25) is 14.4 Å². The van der Waals surface area contributed by atoms with E-state index in [1.807, 2.05) is 24.3 Å². The number of hydroxylamine groups is 1. The monoisotopic (exact) mass is 312 g/mol. The second-order valence-electron chi connectivity index (χ2n) is 3.98. The third-order valence-electron chi connectivity index (χ3n) is 2.84. The Morgan fingerprint density at radius 3 is 3.00 bits per heavy atom. The number of nitrogens with zero attached hydrogens (tertiary/aromatic N) is 1. The predicted octanol–water partition coefficient (Wildman–Crippen LogP) is 1.48. The summed E-state index contributed by atoms with van der Waals surface area (Å²) in [5.74, 6) is -1.24. The maximum Gasteiger partial charge on any atom is 0.256 e. The number of amides is 2. The minimum atomic E-state index is -0.663. The maximum atomic E-state index is 12.1. The van der Waals surface area contributed by atoms with Crippen LogP contribution in [0.2, 0.25) is 0 Å². The van der Waals surface area contributed by atoms with Gasteiger partial charge in [-0.05, 0) is 24.6 Å². The summed E-state index contributed by atoms with van der Waals surface area (Å²) in [4.78, 5) is 29.9. The van der Waals surface area contributed by atoms with Crippen molar-refractivity contribution in [2.24, 2.45) is 5.92 Å². The van der Waals surface area contributed by atoms with E-state index in [0.29, 0.717) is 13.0 Å². The van der Waals surface area contributed by atoms with Gasteiger partial charge in [0, 0.05) is 16.7 Å². The fraction of sp³-hybridized carbons (Fsp3) is 0.333. The van der Waals surface area contributed by atoms with Crippen molar-refractivity contribution < 1.29 is 14.4 Å². The Kier molecular flexibility index (Phi) is 3.98. The molecule has 0 aromatic heterocycles. The number of carbonyl (C=O) groups is 2. The molecule has 1 atom stereocenters. The van der Waals surface area contributed by atoms with Crippen molar-refractivity contribution in [3.05, 3.63) is 28.7 Å². The lowest BCUT2D eigenvalue weighted by Gasteiger charge is -2.16. The molecule has 1 aromatic carbocycles. The van der Waals surface area contributed by atoms with Crippen molar-refractivity contribution in [2.45, 2.75) is 6.42 Å². The molecule has 1 fully saturated rings. The second-order valence-corrected chi connectivity index (χ2v) is 4.90. The van der Waals surface area contributed by atoms with Crippen molar-refractivity contribution in [1.29, 1.82) is 0 Å². The maximum absolute atomic E-state index is 12.1. The lowest BCUT2D eigenvalue weighted by atomic mass is 10.1. The standard InChI is InChI=1S/C12H13BrN2O3/c1-18-14-11(16)10-5-6-15(12(10)17)9-4-2-3-8(13)7-9/h2-4,7,10H,5-6H2,1H3,(H,14,16)/t10-/m0/s1. The molecule has 0 aliphatic carbocycles. The first kappa shape index (κ1) is 13.0. The van der Waals surface area contributed by atoms with Crippen LogP contribution in [0.5, 0.6) is 0 Å². The summed E-state index contributed by atoms with van der Waals surface area (Å²) in [5, 5.41) is 0. The molecule has 6 heteroatoms. The van der Waals surface area contributed by atoms with Gasteiger partial charge in [0.05, 0.1) is 7.11 Å². The molecule has 2 rings (SSSR count). The first-order valence-corrected chi connectivity index (χ1v) is 6.32. The van der Waals surface area contributed by atoms with Gasteiger partial charge >= 0.3 is 0 Å². The number of hydrogen-bond acceptors (Lipinski definition) is 3. The van der Waals surface area contributed by atoms with E-state index in [1.54, 1.807) is 4.90 Å². The number of benzene rings is 1. The minimum absolute atomic E-state index is 0.192. The van der Waals surface area contributed by atoms with Crippen LogP contribution in [0.3, 0.4) is 0 Å².